The van der Waals surface area contributed by atoms with Gasteiger partial charge in [-0.2, -0.15) is 0 Å². The number of hydrogen-bond acceptors (Lipinski definition) is 1. The van der Waals surface area contributed by atoms with Crippen LogP contribution in [0.2, 0.25) is 5.02 Å². The average Bonchev–Trinajstić information content (AvgIpc) is 2.67. The summed E-state index contributed by atoms with van der Waals surface area (Å²) in [6, 6.07) is 8.23. The second-order valence-electron chi connectivity index (χ2n) is 4.08. The molecular weight excluding hydrogens is 194 g/mol. The maximum absolute atomic E-state index is 5.86. The molecule has 1 saturated carbocycles. The second-order valence-corrected chi connectivity index (χ2v) is 4.52. The largest absolute Gasteiger partial charge is 0.330 e. The summed E-state index contributed by atoms with van der Waals surface area (Å²) in [4.78, 5) is 0. The third-order valence-electron chi connectivity index (χ3n) is 3.26. The molecule has 0 heterocycles. The van der Waals surface area contributed by atoms with E-state index in [1.165, 1.54) is 24.8 Å². The highest BCUT2D eigenvalue weighted by Crippen LogP contribution is 2.39. The Morgan fingerprint density at radius 1 is 1.21 bits per heavy atom. The van der Waals surface area contributed by atoms with Crippen molar-refractivity contribution in [2.24, 2.45) is 11.7 Å². The molecule has 1 aliphatic carbocycles. The highest BCUT2D eigenvalue weighted by atomic mass is 35.5. The van der Waals surface area contributed by atoms with E-state index in [1.807, 2.05) is 12.1 Å². The number of hydrogen-bond donors (Lipinski definition) is 1. The average molecular weight is 210 g/mol. The van der Waals surface area contributed by atoms with Gasteiger partial charge in [-0.25, -0.2) is 0 Å². The molecule has 1 nitrogen and oxygen atoms in total. The lowest BCUT2D eigenvalue weighted by atomic mass is 9.89. The molecule has 0 bridgehead atoms. The molecule has 2 unspecified atom stereocenters. The Morgan fingerprint density at radius 3 is 2.57 bits per heavy atom. The molecule has 1 fully saturated rings. The SMILES string of the molecule is NCC1CCCC1c1ccc(Cl)cc1. The molecule has 14 heavy (non-hydrogen) atoms. The van der Waals surface area contributed by atoms with Crippen LogP contribution < -0.4 is 5.73 Å². The Hall–Kier alpha value is -0.530. The molecule has 1 aromatic carbocycles. The summed E-state index contributed by atoms with van der Waals surface area (Å²) in [6.45, 7) is 0.813. The van der Waals surface area contributed by atoms with E-state index < -0.39 is 0 Å². The first-order chi connectivity index (χ1) is 6.81. The Morgan fingerprint density at radius 2 is 1.93 bits per heavy atom. The van der Waals surface area contributed by atoms with E-state index in [2.05, 4.69) is 12.1 Å². The van der Waals surface area contributed by atoms with Gasteiger partial charge in [-0.05, 0) is 48.9 Å². The highest BCUT2D eigenvalue weighted by molar-refractivity contribution is 6.30. The fraction of sp³-hybridized carbons (Fsp3) is 0.500. The topological polar surface area (TPSA) is 26.0 Å². The van der Waals surface area contributed by atoms with Crippen LogP contribution in [0.1, 0.15) is 30.7 Å². The van der Waals surface area contributed by atoms with Gasteiger partial charge in [-0.1, -0.05) is 30.2 Å². The van der Waals surface area contributed by atoms with Crippen molar-refractivity contribution in [3.8, 4) is 0 Å². The first kappa shape index (κ1) is 10.0. The maximum Gasteiger partial charge on any atom is 0.0406 e. The minimum atomic E-state index is 0.664. The van der Waals surface area contributed by atoms with Gasteiger partial charge in [0.15, 0.2) is 0 Å². The predicted molar refractivity (Wildman–Crippen MR) is 60.6 cm³/mol. The summed E-state index contributed by atoms with van der Waals surface area (Å²) in [5.74, 6) is 1.34. The van der Waals surface area contributed by atoms with E-state index in [1.54, 1.807) is 0 Å². The van der Waals surface area contributed by atoms with Gasteiger partial charge in [0, 0.05) is 5.02 Å². The van der Waals surface area contributed by atoms with Crippen molar-refractivity contribution in [2.75, 3.05) is 6.54 Å². The van der Waals surface area contributed by atoms with Gasteiger partial charge in [0.25, 0.3) is 0 Å². The molecule has 2 N–H and O–H groups in total. The van der Waals surface area contributed by atoms with Gasteiger partial charge in [0.2, 0.25) is 0 Å². The standard InChI is InChI=1S/C12H16ClN/c13-11-6-4-9(5-7-11)12-3-1-2-10(12)8-14/h4-7,10,12H,1-3,8,14H2. The maximum atomic E-state index is 5.86. The van der Waals surface area contributed by atoms with Crippen molar-refractivity contribution in [1.82, 2.24) is 0 Å². The minimum Gasteiger partial charge on any atom is -0.330 e. The van der Waals surface area contributed by atoms with E-state index >= 15 is 0 Å². The number of halogens is 1. The monoisotopic (exact) mass is 209 g/mol. The molecule has 2 rings (SSSR count). The summed E-state index contributed by atoms with van der Waals surface area (Å²) >= 11 is 5.86. The fourth-order valence-corrected chi connectivity index (χ4v) is 2.59. The van der Waals surface area contributed by atoms with Crippen LogP contribution in [0.25, 0.3) is 0 Å². The van der Waals surface area contributed by atoms with Crippen molar-refractivity contribution >= 4 is 11.6 Å². The Kier molecular flexibility index (Phi) is 3.09. The van der Waals surface area contributed by atoms with Gasteiger partial charge in [-0.3, -0.25) is 0 Å². The molecule has 1 aliphatic rings. The molecule has 0 saturated heterocycles. The summed E-state index contributed by atoms with van der Waals surface area (Å²) in [5, 5.41) is 0.816. The Bertz CT molecular complexity index is 294. The molecule has 1 aromatic rings. The van der Waals surface area contributed by atoms with Gasteiger partial charge >= 0.3 is 0 Å². The van der Waals surface area contributed by atoms with Gasteiger partial charge in [-0.15, -0.1) is 0 Å². The molecule has 0 aromatic heterocycles. The second kappa shape index (κ2) is 4.33. The summed E-state index contributed by atoms with van der Waals surface area (Å²) in [6.07, 6.45) is 3.88. The molecule has 0 radical (unpaired) electrons. The summed E-state index contributed by atoms with van der Waals surface area (Å²) in [5.41, 5.74) is 7.17. The Labute approximate surface area is 90.3 Å². The van der Waals surface area contributed by atoms with E-state index in [0.29, 0.717) is 11.8 Å². The third kappa shape index (κ3) is 1.94. The predicted octanol–water partition coefficient (Wildman–Crippen LogP) is 3.18. The number of rotatable bonds is 2. The van der Waals surface area contributed by atoms with E-state index in [4.69, 9.17) is 17.3 Å². The number of nitrogens with two attached hydrogens (primary N) is 1. The molecule has 0 amide bonds. The first-order valence-corrected chi connectivity index (χ1v) is 5.64. The summed E-state index contributed by atoms with van der Waals surface area (Å²) in [7, 11) is 0. The van der Waals surface area contributed by atoms with Crippen LogP contribution in [0.3, 0.4) is 0 Å². The number of benzene rings is 1. The third-order valence-corrected chi connectivity index (χ3v) is 3.51. The zero-order valence-corrected chi connectivity index (χ0v) is 9.00. The van der Waals surface area contributed by atoms with Crippen LogP contribution in [-0.4, -0.2) is 6.54 Å². The van der Waals surface area contributed by atoms with Crippen molar-refractivity contribution in [3.63, 3.8) is 0 Å². The van der Waals surface area contributed by atoms with Crippen LogP contribution in [0.5, 0.6) is 0 Å². The molecule has 0 spiro atoms. The lowest BCUT2D eigenvalue weighted by Crippen LogP contribution is -2.17. The van der Waals surface area contributed by atoms with Gasteiger partial charge in [0.05, 0.1) is 0 Å². The summed E-state index contributed by atoms with van der Waals surface area (Å²) < 4.78 is 0. The lowest BCUT2D eigenvalue weighted by Gasteiger charge is -2.18. The molecule has 76 valence electrons. The van der Waals surface area contributed by atoms with Crippen molar-refractivity contribution in [3.05, 3.63) is 34.9 Å². The van der Waals surface area contributed by atoms with Crippen LogP contribution in [0, 0.1) is 5.92 Å². The van der Waals surface area contributed by atoms with Gasteiger partial charge in [0.1, 0.15) is 0 Å². The molecule has 2 atom stereocenters. The zero-order chi connectivity index (χ0) is 9.97. The Balaban J connectivity index is 2.17. The van der Waals surface area contributed by atoms with Crippen LogP contribution in [0.4, 0.5) is 0 Å². The molecule has 0 aliphatic heterocycles. The van der Waals surface area contributed by atoms with E-state index in [-0.39, 0.29) is 0 Å². The highest BCUT2D eigenvalue weighted by Gasteiger charge is 2.26. The normalized spacial score (nSPS) is 26.7. The first-order valence-electron chi connectivity index (χ1n) is 5.27. The minimum absolute atomic E-state index is 0.664. The van der Waals surface area contributed by atoms with Gasteiger partial charge < -0.3 is 5.73 Å². The van der Waals surface area contributed by atoms with Crippen molar-refractivity contribution < 1.29 is 0 Å². The van der Waals surface area contributed by atoms with Crippen LogP contribution in [-0.2, 0) is 0 Å². The smallest absolute Gasteiger partial charge is 0.0406 e. The lowest BCUT2D eigenvalue weighted by molar-refractivity contribution is 0.496. The van der Waals surface area contributed by atoms with Crippen LogP contribution >= 0.6 is 11.6 Å². The van der Waals surface area contributed by atoms with Crippen LogP contribution in [0.15, 0.2) is 24.3 Å². The van der Waals surface area contributed by atoms with E-state index in [9.17, 15) is 0 Å². The fourth-order valence-electron chi connectivity index (χ4n) is 2.47. The van der Waals surface area contributed by atoms with Crippen molar-refractivity contribution in [1.29, 1.82) is 0 Å². The zero-order valence-electron chi connectivity index (χ0n) is 8.25. The quantitative estimate of drug-likeness (QED) is 0.796. The molecular formula is C12H16ClN. The molecule has 2 heteroatoms. The van der Waals surface area contributed by atoms with Crippen molar-refractivity contribution in [2.45, 2.75) is 25.2 Å². The van der Waals surface area contributed by atoms with E-state index in [0.717, 1.165) is 11.6 Å².